The lowest BCUT2D eigenvalue weighted by Crippen LogP contribution is -2.40. The van der Waals surface area contributed by atoms with Gasteiger partial charge in [0.25, 0.3) is 5.91 Å². The molecular formula is C14H15NO4. The zero-order valence-electron chi connectivity index (χ0n) is 10.6. The third kappa shape index (κ3) is 2.65. The van der Waals surface area contributed by atoms with Crippen molar-refractivity contribution in [1.82, 2.24) is 4.90 Å². The maximum Gasteiger partial charge on any atom is 0.326 e. The van der Waals surface area contributed by atoms with Gasteiger partial charge in [-0.25, -0.2) is 4.79 Å². The first kappa shape index (κ1) is 13.3. The average molecular weight is 261 g/mol. The number of hydrogen-bond acceptors (Lipinski definition) is 3. The molecule has 1 amide bonds. The molecule has 0 spiro atoms. The van der Waals surface area contributed by atoms with Gasteiger partial charge in [0.1, 0.15) is 6.04 Å². The minimum Gasteiger partial charge on any atom is -0.480 e. The Morgan fingerprint density at radius 1 is 1.16 bits per heavy atom. The largest absolute Gasteiger partial charge is 0.480 e. The number of benzene rings is 1. The molecule has 1 heterocycles. The van der Waals surface area contributed by atoms with E-state index in [0.717, 1.165) is 0 Å². The minimum atomic E-state index is -0.966. The molecule has 0 saturated carbocycles. The first-order chi connectivity index (χ1) is 9.00. The lowest BCUT2D eigenvalue weighted by Gasteiger charge is -2.21. The summed E-state index contributed by atoms with van der Waals surface area (Å²) >= 11 is 0. The summed E-state index contributed by atoms with van der Waals surface area (Å²) in [5.41, 5.74) is 0.950. The number of likely N-dealkylation sites (tertiary alicyclic amines) is 1. The van der Waals surface area contributed by atoms with Gasteiger partial charge in [0, 0.05) is 17.7 Å². The Hall–Kier alpha value is -2.17. The Labute approximate surface area is 110 Å². The second-order valence-electron chi connectivity index (χ2n) is 4.63. The van der Waals surface area contributed by atoms with Crippen molar-refractivity contribution in [2.75, 3.05) is 6.54 Å². The van der Waals surface area contributed by atoms with Crippen molar-refractivity contribution < 1.29 is 19.5 Å². The van der Waals surface area contributed by atoms with Gasteiger partial charge in [-0.3, -0.25) is 9.59 Å². The molecule has 1 atom stereocenters. The molecule has 100 valence electrons. The van der Waals surface area contributed by atoms with E-state index in [0.29, 0.717) is 30.5 Å². The monoisotopic (exact) mass is 261 g/mol. The molecule has 0 aromatic heterocycles. The predicted octanol–water partition coefficient (Wildman–Crippen LogP) is 1.58. The molecule has 0 radical (unpaired) electrons. The highest BCUT2D eigenvalue weighted by Gasteiger charge is 2.34. The van der Waals surface area contributed by atoms with Crippen LogP contribution in [0.15, 0.2) is 24.3 Å². The predicted molar refractivity (Wildman–Crippen MR) is 68.1 cm³/mol. The van der Waals surface area contributed by atoms with Crippen molar-refractivity contribution in [1.29, 1.82) is 0 Å². The fourth-order valence-corrected chi connectivity index (χ4v) is 2.28. The van der Waals surface area contributed by atoms with Crippen LogP contribution in [0.3, 0.4) is 0 Å². The van der Waals surface area contributed by atoms with E-state index in [1.54, 1.807) is 24.3 Å². The molecule has 5 heteroatoms. The van der Waals surface area contributed by atoms with Crippen LogP contribution in [0.25, 0.3) is 0 Å². The Morgan fingerprint density at radius 2 is 1.74 bits per heavy atom. The quantitative estimate of drug-likeness (QED) is 0.838. The fourth-order valence-electron chi connectivity index (χ4n) is 2.28. The third-order valence-electron chi connectivity index (χ3n) is 3.34. The summed E-state index contributed by atoms with van der Waals surface area (Å²) in [4.78, 5) is 35.8. The molecule has 0 unspecified atom stereocenters. The lowest BCUT2D eigenvalue weighted by molar-refractivity contribution is -0.141. The molecular weight excluding hydrogens is 246 g/mol. The number of carboxylic acid groups (broad SMARTS) is 1. The van der Waals surface area contributed by atoms with Gasteiger partial charge in [-0.15, -0.1) is 0 Å². The summed E-state index contributed by atoms with van der Waals surface area (Å²) in [7, 11) is 0. The van der Waals surface area contributed by atoms with Crippen molar-refractivity contribution >= 4 is 17.7 Å². The van der Waals surface area contributed by atoms with Gasteiger partial charge in [0.05, 0.1) is 0 Å². The van der Waals surface area contributed by atoms with Gasteiger partial charge < -0.3 is 10.0 Å². The number of ketones is 1. The lowest BCUT2D eigenvalue weighted by atomic mass is 10.1. The van der Waals surface area contributed by atoms with E-state index < -0.39 is 12.0 Å². The minimum absolute atomic E-state index is 0.0661. The van der Waals surface area contributed by atoms with Gasteiger partial charge >= 0.3 is 5.97 Å². The molecule has 0 aliphatic carbocycles. The van der Waals surface area contributed by atoms with Gasteiger partial charge in [0.15, 0.2) is 5.78 Å². The summed E-state index contributed by atoms with van der Waals surface area (Å²) < 4.78 is 0. The van der Waals surface area contributed by atoms with E-state index in [2.05, 4.69) is 0 Å². The van der Waals surface area contributed by atoms with Gasteiger partial charge in [0.2, 0.25) is 0 Å². The van der Waals surface area contributed by atoms with E-state index in [9.17, 15) is 14.4 Å². The molecule has 1 fully saturated rings. The van der Waals surface area contributed by atoms with Gasteiger partial charge in [-0.2, -0.15) is 0 Å². The Balaban J connectivity index is 2.19. The molecule has 1 aliphatic heterocycles. The van der Waals surface area contributed by atoms with Gasteiger partial charge in [-0.05, 0) is 31.9 Å². The molecule has 1 aromatic rings. The SMILES string of the molecule is CC(=O)c1ccc(C(=O)N2CCC[C@@H]2C(=O)O)cc1. The van der Waals surface area contributed by atoms with Crippen molar-refractivity contribution in [2.45, 2.75) is 25.8 Å². The summed E-state index contributed by atoms with van der Waals surface area (Å²) in [6.07, 6.45) is 1.20. The van der Waals surface area contributed by atoms with Crippen LogP contribution in [-0.2, 0) is 4.79 Å². The Kier molecular flexibility index (Phi) is 3.64. The molecule has 2 rings (SSSR count). The summed E-state index contributed by atoms with van der Waals surface area (Å²) in [5.74, 6) is -1.32. The second kappa shape index (κ2) is 5.22. The summed E-state index contributed by atoms with van der Waals surface area (Å²) in [5, 5.41) is 9.06. The van der Waals surface area contributed by atoms with Crippen LogP contribution in [-0.4, -0.2) is 40.3 Å². The van der Waals surface area contributed by atoms with E-state index in [1.165, 1.54) is 11.8 Å². The maximum absolute atomic E-state index is 12.2. The van der Waals surface area contributed by atoms with Crippen LogP contribution in [0.4, 0.5) is 0 Å². The standard InChI is InChI=1S/C14H15NO4/c1-9(16)10-4-6-11(7-5-10)13(17)15-8-2-3-12(15)14(18)19/h4-7,12H,2-3,8H2,1H3,(H,18,19)/t12-/m1/s1. The second-order valence-corrected chi connectivity index (χ2v) is 4.63. The average Bonchev–Trinajstić information content (AvgIpc) is 2.87. The number of hydrogen-bond donors (Lipinski definition) is 1. The first-order valence-electron chi connectivity index (χ1n) is 6.15. The molecule has 1 saturated heterocycles. The van der Waals surface area contributed by atoms with E-state index in [4.69, 9.17) is 5.11 Å². The number of amides is 1. The third-order valence-corrected chi connectivity index (χ3v) is 3.34. The number of carboxylic acids is 1. The van der Waals surface area contributed by atoms with Crippen LogP contribution < -0.4 is 0 Å². The van der Waals surface area contributed by atoms with Crippen LogP contribution >= 0.6 is 0 Å². The number of rotatable bonds is 3. The molecule has 1 aliphatic rings. The highest BCUT2D eigenvalue weighted by molar-refractivity contribution is 5.99. The topological polar surface area (TPSA) is 74.7 Å². The van der Waals surface area contributed by atoms with Crippen molar-refractivity contribution in [2.24, 2.45) is 0 Å². The smallest absolute Gasteiger partial charge is 0.326 e. The highest BCUT2D eigenvalue weighted by Crippen LogP contribution is 2.20. The molecule has 1 N–H and O–H groups in total. The molecule has 5 nitrogen and oxygen atoms in total. The highest BCUT2D eigenvalue weighted by atomic mass is 16.4. The summed E-state index contributed by atoms with van der Waals surface area (Å²) in [6, 6.07) is 5.56. The van der Waals surface area contributed by atoms with Crippen LogP contribution in [0.5, 0.6) is 0 Å². The van der Waals surface area contributed by atoms with Crippen LogP contribution in [0, 0.1) is 0 Å². The Bertz CT molecular complexity index is 521. The number of Topliss-reactive ketones (excluding diaryl/α,β-unsaturated/α-hetero) is 1. The number of carbonyl (C=O) groups is 3. The zero-order valence-corrected chi connectivity index (χ0v) is 10.6. The maximum atomic E-state index is 12.2. The Morgan fingerprint density at radius 3 is 2.26 bits per heavy atom. The normalized spacial score (nSPS) is 18.4. The number of carbonyl (C=O) groups excluding carboxylic acids is 2. The van der Waals surface area contributed by atoms with Crippen molar-refractivity contribution in [3.05, 3.63) is 35.4 Å². The van der Waals surface area contributed by atoms with E-state index in [1.807, 2.05) is 0 Å². The van der Waals surface area contributed by atoms with Crippen LogP contribution in [0.2, 0.25) is 0 Å². The van der Waals surface area contributed by atoms with Gasteiger partial charge in [-0.1, -0.05) is 12.1 Å². The molecule has 1 aromatic carbocycles. The van der Waals surface area contributed by atoms with Crippen molar-refractivity contribution in [3.8, 4) is 0 Å². The van der Waals surface area contributed by atoms with Crippen molar-refractivity contribution in [3.63, 3.8) is 0 Å². The summed E-state index contributed by atoms with van der Waals surface area (Å²) in [6.45, 7) is 1.92. The van der Waals surface area contributed by atoms with E-state index in [-0.39, 0.29) is 11.7 Å². The van der Waals surface area contributed by atoms with E-state index >= 15 is 0 Å². The number of aliphatic carboxylic acids is 1. The zero-order chi connectivity index (χ0) is 14.0. The molecule has 19 heavy (non-hydrogen) atoms. The fraction of sp³-hybridized carbons (Fsp3) is 0.357. The first-order valence-corrected chi connectivity index (χ1v) is 6.15. The van der Waals surface area contributed by atoms with Crippen LogP contribution in [0.1, 0.15) is 40.5 Å². The molecule has 0 bridgehead atoms. The number of nitrogens with zero attached hydrogens (tertiary/aromatic N) is 1.